The maximum atomic E-state index is 15.0. The van der Waals surface area contributed by atoms with Gasteiger partial charge in [0, 0.05) is 11.1 Å². The summed E-state index contributed by atoms with van der Waals surface area (Å²) >= 11 is 0. The summed E-state index contributed by atoms with van der Waals surface area (Å²) in [6, 6.07) is 15.6. The highest BCUT2D eigenvalue weighted by molar-refractivity contribution is 6.08. The van der Waals surface area contributed by atoms with Gasteiger partial charge >= 0.3 is 0 Å². The lowest BCUT2D eigenvalue weighted by Gasteiger charge is -2.29. The minimum atomic E-state index is -0.831. The predicted molar refractivity (Wildman–Crippen MR) is 135 cm³/mol. The smallest absolute Gasteiger partial charge is 0.166 e. The van der Waals surface area contributed by atoms with Crippen molar-refractivity contribution in [3.63, 3.8) is 0 Å². The SMILES string of the molecule is BCc1ccc(-c2ccc(-c3ccc(C4CCC(CCCCC)CO4)c(F)c3)cc2)c(F)c1F. The summed E-state index contributed by atoms with van der Waals surface area (Å²) in [6.07, 6.45) is 7.08. The summed E-state index contributed by atoms with van der Waals surface area (Å²) in [4.78, 5) is 0. The molecule has 5 heteroatoms. The largest absolute Gasteiger partial charge is 0.373 e. The second-order valence-corrected chi connectivity index (χ2v) is 9.33. The topological polar surface area (TPSA) is 9.23 Å². The number of hydrogen-bond donors (Lipinski definition) is 0. The second kappa shape index (κ2) is 11.3. The maximum absolute atomic E-state index is 15.0. The molecule has 34 heavy (non-hydrogen) atoms. The summed E-state index contributed by atoms with van der Waals surface area (Å²) in [5, 5.41) is 0. The third-order valence-electron chi connectivity index (χ3n) is 7.01. The number of rotatable bonds is 8. The fraction of sp³-hybridized carbons (Fsp3) is 0.379. The average molecular weight is 464 g/mol. The van der Waals surface area contributed by atoms with Crippen LogP contribution in [0.4, 0.5) is 13.2 Å². The molecule has 0 aromatic heterocycles. The van der Waals surface area contributed by atoms with E-state index in [9.17, 15) is 8.78 Å². The lowest BCUT2D eigenvalue weighted by atomic mass is 9.90. The number of unbranched alkanes of at least 4 members (excludes halogenated alkanes) is 2. The van der Waals surface area contributed by atoms with Gasteiger partial charge in [0.2, 0.25) is 0 Å². The third kappa shape index (κ3) is 5.41. The van der Waals surface area contributed by atoms with Gasteiger partial charge in [0.15, 0.2) is 11.6 Å². The molecule has 0 aliphatic carbocycles. The Morgan fingerprint density at radius 3 is 2.24 bits per heavy atom. The highest BCUT2D eigenvalue weighted by Gasteiger charge is 2.25. The quantitative estimate of drug-likeness (QED) is 0.246. The fourth-order valence-corrected chi connectivity index (χ4v) is 4.86. The van der Waals surface area contributed by atoms with Crippen LogP contribution in [-0.2, 0) is 11.1 Å². The van der Waals surface area contributed by atoms with Crippen LogP contribution in [0.1, 0.15) is 62.7 Å². The van der Waals surface area contributed by atoms with E-state index in [-0.39, 0.29) is 17.5 Å². The molecule has 0 bridgehead atoms. The summed E-state index contributed by atoms with van der Waals surface area (Å²) in [5.74, 6) is -1.30. The Hall–Kier alpha value is -2.53. The highest BCUT2D eigenvalue weighted by Crippen LogP contribution is 2.36. The molecule has 1 aliphatic heterocycles. The van der Waals surface area contributed by atoms with Gasteiger partial charge in [0.25, 0.3) is 0 Å². The molecular formula is C29H32BF3O. The van der Waals surface area contributed by atoms with Crippen molar-refractivity contribution in [1.29, 1.82) is 0 Å². The van der Waals surface area contributed by atoms with Crippen molar-refractivity contribution in [1.82, 2.24) is 0 Å². The molecule has 1 nitrogen and oxygen atoms in total. The standard InChI is InChI=1S/C29H32BF3O/c1-2-3-4-5-19-6-15-27(34-18-19)25-14-11-22(16-26(25)31)20-7-9-21(10-8-20)24-13-12-23(17-30)28(32)29(24)33/h7-14,16,19,27H,2-6,15,17-18,30H2,1H3. The lowest BCUT2D eigenvalue weighted by molar-refractivity contribution is -0.0215. The minimum absolute atomic E-state index is 0.192. The molecule has 1 heterocycles. The molecule has 2 atom stereocenters. The Balaban J connectivity index is 1.45. The summed E-state index contributed by atoms with van der Waals surface area (Å²) < 4.78 is 49.7. The van der Waals surface area contributed by atoms with E-state index in [1.165, 1.54) is 31.7 Å². The fourth-order valence-electron chi connectivity index (χ4n) is 4.86. The van der Waals surface area contributed by atoms with Crippen LogP contribution in [0.25, 0.3) is 22.3 Å². The first kappa shape index (κ1) is 24.6. The van der Waals surface area contributed by atoms with E-state index >= 15 is 4.39 Å². The molecule has 0 amide bonds. The first-order valence-corrected chi connectivity index (χ1v) is 12.5. The molecule has 0 N–H and O–H groups in total. The van der Waals surface area contributed by atoms with Crippen molar-refractivity contribution < 1.29 is 17.9 Å². The monoisotopic (exact) mass is 464 g/mol. The second-order valence-electron chi connectivity index (χ2n) is 9.33. The van der Waals surface area contributed by atoms with Crippen LogP contribution in [0.2, 0.25) is 0 Å². The molecule has 0 saturated carbocycles. The molecule has 3 aromatic rings. The van der Waals surface area contributed by atoms with Crippen molar-refractivity contribution in [2.45, 2.75) is 57.9 Å². The average Bonchev–Trinajstić information content (AvgIpc) is 2.86. The van der Waals surface area contributed by atoms with Crippen LogP contribution in [0.3, 0.4) is 0 Å². The Morgan fingerprint density at radius 2 is 1.59 bits per heavy atom. The van der Waals surface area contributed by atoms with Crippen molar-refractivity contribution in [3.05, 3.63) is 83.2 Å². The van der Waals surface area contributed by atoms with Gasteiger partial charge in [-0.05, 0) is 53.5 Å². The van der Waals surface area contributed by atoms with Gasteiger partial charge in [0.05, 0.1) is 12.7 Å². The van der Waals surface area contributed by atoms with E-state index in [1.54, 1.807) is 32.1 Å². The van der Waals surface area contributed by atoms with Crippen LogP contribution in [-0.4, -0.2) is 14.5 Å². The van der Waals surface area contributed by atoms with Gasteiger partial charge < -0.3 is 4.74 Å². The van der Waals surface area contributed by atoms with Gasteiger partial charge in [-0.25, -0.2) is 13.2 Å². The van der Waals surface area contributed by atoms with Crippen molar-refractivity contribution in [2.75, 3.05) is 6.61 Å². The number of ether oxygens (including phenoxy) is 1. The first-order valence-electron chi connectivity index (χ1n) is 12.5. The summed E-state index contributed by atoms with van der Waals surface area (Å²) in [6.45, 7) is 2.91. The molecule has 1 saturated heterocycles. The van der Waals surface area contributed by atoms with Crippen LogP contribution in [0.15, 0.2) is 54.6 Å². The van der Waals surface area contributed by atoms with Gasteiger partial charge in [-0.2, -0.15) is 0 Å². The minimum Gasteiger partial charge on any atom is -0.373 e. The van der Waals surface area contributed by atoms with Crippen molar-refractivity contribution in [3.8, 4) is 22.3 Å². The number of hydrogen-bond acceptors (Lipinski definition) is 1. The van der Waals surface area contributed by atoms with Gasteiger partial charge in [-0.15, -0.1) is 0 Å². The molecular weight excluding hydrogens is 432 g/mol. The van der Waals surface area contributed by atoms with E-state index in [2.05, 4.69) is 6.92 Å². The van der Waals surface area contributed by atoms with Crippen molar-refractivity contribution in [2.24, 2.45) is 5.92 Å². The molecule has 0 spiro atoms. The zero-order chi connectivity index (χ0) is 24.1. The zero-order valence-corrected chi connectivity index (χ0v) is 20.0. The molecule has 4 rings (SSSR count). The number of halogens is 3. The normalized spacial score (nSPS) is 18.2. The Bertz CT molecular complexity index is 1110. The van der Waals surface area contributed by atoms with Crippen molar-refractivity contribution >= 4 is 7.85 Å². The third-order valence-corrected chi connectivity index (χ3v) is 7.01. The van der Waals surface area contributed by atoms with Gasteiger partial charge in [0.1, 0.15) is 13.7 Å². The molecule has 1 fully saturated rings. The molecule has 1 aliphatic rings. The van der Waals surface area contributed by atoms with Crippen LogP contribution in [0, 0.1) is 23.4 Å². The maximum Gasteiger partial charge on any atom is 0.166 e. The van der Waals surface area contributed by atoms with E-state index in [0.29, 0.717) is 35.5 Å². The molecule has 0 radical (unpaired) electrons. The molecule has 2 unspecified atom stereocenters. The van der Waals surface area contributed by atoms with E-state index < -0.39 is 11.6 Å². The summed E-state index contributed by atoms with van der Waals surface area (Å²) in [5.41, 5.74) is 3.35. The Labute approximate surface area is 201 Å². The van der Waals surface area contributed by atoms with Gasteiger partial charge in [-0.3, -0.25) is 0 Å². The van der Waals surface area contributed by atoms with E-state index in [4.69, 9.17) is 4.74 Å². The Morgan fingerprint density at radius 1 is 0.853 bits per heavy atom. The summed E-state index contributed by atoms with van der Waals surface area (Å²) in [7, 11) is 1.79. The van der Waals surface area contributed by atoms with E-state index in [1.807, 2.05) is 24.3 Å². The predicted octanol–water partition coefficient (Wildman–Crippen LogP) is 7.62. The van der Waals surface area contributed by atoms with Gasteiger partial charge in [-0.1, -0.05) is 81.0 Å². The van der Waals surface area contributed by atoms with Crippen LogP contribution >= 0.6 is 0 Å². The lowest BCUT2D eigenvalue weighted by Crippen LogP contribution is -2.21. The van der Waals surface area contributed by atoms with E-state index in [0.717, 1.165) is 24.0 Å². The first-order chi connectivity index (χ1) is 16.5. The van der Waals surface area contributed by atoms with Crippen LogP contribution in [0.5, 0.6) is 0 Å². The molecule has 3 aromatic carbocycles. The Kier molecular flexibility index (Phi) is 8.15. The highest BCUT2D eigenvalue weighted by atomic mass is 19.2. The zero-order valence-electron chi connectivity index (χ0n) is 20.0. The van der Waals surface area contributed by atoms with Crippen LogP contribution < -0.4 is 0 Å². The molecule has 178 valence electrons. The number of benzene rings is 3.